The van der Waals surface area contributed by atoms with Crippen molar-refractivity contribution in [3.05, 3.63) is 59.9 Å². The third kappa shape index (κ3) is 4.69. The maximum atomic E-state index is 13.1. The SMILES string of the molecule is Cc1ccc(C(F)(F)F)cc1Nc1cc(-c2ccncc2)nc(NC2CCCC2)n1. The molecule has 0 aliphatic heterocycles. The molecule has 1 fully saturated rings. The van der Waals surface area contributed by atoms with Gasteiger partial charge in [0, 0.05) is 35.8 Å². The average molecular weight is 413 g/mol. The number of alkyl halides is 3. The van der Waals surface area contributed by atoms with Crippen molar-refractivity contribution in [3.63, 3.8) is 0 Å². The highest BCUT2D eigenvalue weighted by atomic mass is 19.4. The molecule has 1 aliphatic carbocycles. The van der Waals surface area contributed by atoms with Crippen LogP contribution in [-0.2, 0) is 6.18 Å². The molecule has 1 aliphatic rings. The Labute approximate surface area is 172 Å². The van der Waals surface area contributed by atoms with Crippen LogP contribution in [0.2, 0.25) is 0 Å². The lowest BCUT2D eigenvalue weighted by Gasteiger charge is -2.16. The molecule has 2 heterocycles. The molecule has 3 aromatic rings. The van der Waals surface area contributed by atoms with E-state index in [1.165, 1.54) is 6.07 Å². The Morgan fingerprint density at radius 2 is 1.70 bits per heavy atom. The first-order valence-electron chi connectivity index (χ1n) is 9.89. The predicted molar refractivity (Wildman–Crippen MR) is 111 cm³/mol. The summed E-state index contributed by atoms with van der Waals surface area (Å²) in [4.78, 5) is 13.2. The fourth-order valence-corrected chi connectivity index (χ4v) is 3.57. The highest BCUT2D eigenvalue weighted by Crippen LogP contribution is 2.33. The molecule has 0 saturated heterocycles. The molecule has 0 amide bonds. The second-order valence-electron chi connectivity index (χ2n) is 7.48. The monoisotopic (exact) mass is 413 g/mol. The summed E-state index contributed by atoms with van der Waals surface area (Å²) < 4.78 is 39.4. The lowest BCUT2D eigenvalue weighted by atomic mass is 10.1. The van der Waals surface area contributed by atoms with Crippen LogP contribution in [0.25, 0.3) is 11.3 Å². The van der Waals surface area contributed by atoms with Gasteiger partial charge >= 0.3 is 6.18 Å². The minimum Gasteiger partial charge on any atom is -0.351 e. The summed E-state index contributed by atoms with van der Waals surface area (Å²) in [5.41, 5.74) is 1.86. The minimum absolute atomic E-state index is 0.306. The van der Waals surface area contributed by atoms with E-state index in [9.17, 15) is 13.2 Å². The number of anilines is 3. The third-order valence-electron chi connectivity index (χ3n) is 5.22. The van der Waals surface area contributed by atoms with E-state index in [2.05, 4.69) is 25.6 Å². The van der Waals surface area contributed by atoms with Gasteiger partial charge < -0.3 is 10.6 Å². The van der Waals surface area contributed by atoms with Crippen LogP contribution in [0.3, 0.4) is 0 Å². The summed E-state index contributed by atoms with van der Waals surface area (Å²) in [6, 6.07) is 9.34. The van der Waals surface area contributed by atoms with Crippen molar-refractivity contribution in [2.45, 2.75) is 44.8 Å². The van der Waals surface area contributed by atoms with Gasteiger partial charge in [0.2, 0.25) is 5.95 Å². The van der Waals surface area contributed by atoms with Crippen LogP contribution >= 0.6 is 0 Å². The molecule has 1 saturated carbocycles. The van der Waals surface area contributed by atoms with Crippen molar-refractivity contribution in [1.29, 1.82) is 0 Å². The van der Waals surface area contributed by atoms with Crippen LogP contribution in [-0.4, -0.2) is 21.0 Å². The van der Waals surface area contributed by atoms with Gasteiger partial charge in [-0.15, -0.1) is 0 Å². The Morgan fingerprint density at radius 3 is 2.40 bits per heavy atom. The first-order chi connectivity index (χ1) is 14.4. The summed E-state index contributed by atoms with van der Waals surface area (Å²) in [5.74, 6) is 0.892. The van der Waals surface area contributed by atoms with Crippen LogP contribution in [0.15, 0.2) is 48.8 Å². The number of hydrogen-bond donors (Lipinski definition) is 2. The standard InChI is InChI=1S/C22H22F3N5/c1-14-6-7-16(22(23,24)25)12-18(14)28-20-13-19(15-8-10-26-11-9-15)29-21(30-20)27-17-4-2-3-5-17/h6-13,17H,2-5H2,1H3,(H2,27,28,29,30). The molecular weight excluding hydrogens is 391 g/mol. The van der Waals surface area contributed by atoms with E-state index in [4.69, 9.17) is 0 Å². The molecule has 2 N–H and O–H groups in total. The Morgan fingerprint density at radius 1 is 0.967 bits per heavy atom. The number of halogens is 3. The number of benzene rings is 1. The second-order valence-corrected chi connectivity index (χ2v) is 7.48. The van der Waals surface area contributed by atoms with Crippen LogP contribution in [0.5, 0.6) is 0 Å². The number of nitrogens with zero attached hydrogens (tertiary/aromatic N) is 3. The van der Waals surface area contributed by atoms with Gasteiger partial charge in [0.05, 0.1) is 11.3 Å². The topological polar surface area (TPSA) is 62.7 Å². The van der Waals surface area contributed by atoms with Gasteiger partial charge in [-0.1, -0.05) is 18.9 Å². The van der Waals surface area contributed by atoms with Gasteiger partial charge in [-0.3, -0.25) is 4.98 Å². The number of hydrogen-bond acceptors (Lipinski definition) is 5. The van der Waals surface area contributed by atoms with E-state index in [-0.39, 0.29) is 0 Å². The highest BCUT2D eigenvalue weighted by molar-refractivity contribution is 5.68. The van der Waals surface area contributed by atoms with Gasteiger partial charge in [-0.05, 0) is 49.6 Å². The van der Waals surface area contributed by atoms with Crippen molar-refractivity contribution in [1.82, 2.24) is 15.0 Å². The van der Waals surface area contributed by atoms with E-state index in [1.54, 1.807) is 25.4 Å². The zero-order valence-electron chi connectivity index (χ0n) is 16.5. The zero-order valence-corrected chi connectivity index (χ0v) is 16.5. The lowest BCUT2D eigenvalue weighted by molar-refractivity contribution is -0.137. The van der Waals surface area contributed by atoms with Crippen LogP contribution in [0, 0.1) is 6.92 Å². The van der Waals surface area contributed by atoms with Crippen LogP contribution in [0.1, 0.15) is 36.8 Å². The number of aryl methyl sites for hydroxylation is 1. The first kappa shape index (κ1) is 20.1. The Balaban J connectivity index is 1.70. The molecule has 2 aromatic heterocycles. The van der Waals surface area contributed by atoms with Crippen molar-refractivity contribution in [2.75, 3.05) is 10.6 Å². The molecule has 0 spiro atoms. The lowest BCUT2D eigenvalue weighted by Crippen LogP contribution is -2.17. The molecular formula is C22H22F3N5. The smallest absolute Gasteiger partial charge is 0.351 e. The van der Waals surface area contributed by atoms with Crippen LogP contribution in [0.4, 0.5) is 30.6 Å². The zero-order chi connectivity index (χ0) is 21.1. The van der Waals surface area contributed by atoms with Crippen molar-refractivity contribution in [3.8, 4) is 11.3 Å². The summed E-state index contributed by atoms with van der Waals surface area (Å²) in [6.45, 7) is 1.76. The van der Waals surface area contributed by atoms with Crippen LogP contribution < -0.4 is 10.6 Å². The first-order valence-corrected chi connectivity index (χ1v) is 9.89. The number of aromatic nitrogens is 3. The Kier molecular flexibility index (Phi) is 5.57. The van der Waals surface area contributed by atoms with E-state index in [0.29, 0.717) is 34.8 Å². The number of nitrogens with one attached hydrogen (secondary N) is 2. The molecule has 4 rings (SSSR count). The quantitative estimate of drug-likeness (QED) is 0.540. The largest absolute Gasteiger partial charge is 0.416 e. The molecule has 0 atom stereocenters. The number of pyridine rings is 1. The van der Waals surface area contributed by atoms with Gasteiger partial charge in [0.25, 0.3) is 0 Å². The molecule has 5 nitrogen and oxygen atoms in total. The predicted octanol–water partition coefficient (Wildman–Crippen LogP) is 5.96. The molecule has 1 aromatic carbocycles. The van der Waals surface area contributed by atoms with Gasteiger partial charge in [0.1, 0.15) is 5.82 Å². The van der Waals surface area contributed by atoms with E-state index in [0.717, 1.165) is 43.4 Å². The number of rotatable bonds is 5. The fraction of sp³-hybridized carbons (Fsp3) is 0.318. The molecule has 0 radical (unpaired) electrons. The van der Waals surface area contributed by atoms with Gasteiger partial charge in [-0.2, -0.15) is 18.2 Å². The molecule has 30 heavy (non-hydrogen) atoms. The summed E-state index contributed by atoms with van der Waals surface area (Å²) in [7, 11) is 0. The summed E-state index contributed by atoms with van der Waals surface area (Å²) >= 11 is 0. The highest BCUT2D eigenvalue weighted by Gasteiger charge is 2.30. The molecule has 0 unspecified atom stereocenters. The molecule has 0 bridgehead atoms. The van der Waals surface area contributed by atoms with Gasteiger partial charge in [-0.25, -0.2) is 4.98 Å². The van der Waals surface area contributed by atoms with E-state index in [1.807, 2.05) is 12.1 Å². The summed E-state index contributed by atoms with van der Waals surface area (Å²) in [5, 5.41) is 6.42. The Bertz CT molecular complexity index is 1020. The normalized spacial score (nSPS) is 14.7. The maximum Gasteiger partial charge on any atom is 0.416 e. The third-order valence-corrected chi connectivity index (χ3v) is 5.22. The van der Waals surface area contributed by atoms with Crippen molar-refractivity contribution in [2.24, 2.45) is 0 Å². The van der Waals surface area contributed by atoms with Crippen molar-refractivity contribution >= 4 is 17.5 Å². The Hall–Kier alpha value is -3.16. The molecule has 156 valence electrons. The van der Waals surface area contributed by atoms with E-state index < -0.39 is 11.7 Å². The fourth-order valence-electron chi connectivity index (χ4n) is 3.57. The van der Waals surface area contributed by atoms with Crippen molar-refractivity contribution < 1.29 is 13.2 Å². The van der Waals surface area contributed by atoms with E-state index >= 15 is 0 Å². The minimum atomic E-state index is -4.41. The average Bonchev–Trinajstić information content (AvgIpc) is 3.22. The second kappa shape index (κ2) is 8.30. The maximum absolute atomic E-state index is 13.1. The summed E-state index contributed by atoms with van der Waals surface area (Å²) in [6.07, 6.45) is 3.37. The molecule has 8 heteroatoms. The van der Waals surface area contributed by atoms with Gasteiger partial charge in [0.15, 0.2) is 0 Å².